The summed E-state index contributed by atoms with van der Waals surface area (Å²) < 4.78 is 57.2. The first-order valence-corrected chi connectivity index (χ1v) is 17.7. The van der Waals surface area contributed by atoms with Crippen LogP contribution in [0.4, 0.5) is 8.78 Å². The summed E-state index contributed by atoms with van der Waals surface area (Å²) in [6.45, 7) is 8.37. The molecule has 0 heterocycles. The highest BCUT2D eigenvalue weighted by molar-refractivity contribution is 7.89. The van der Waals surface area contributed by atoms with Crippen LogP contribution in [-0.2, 0) is 21.3 Å². The van der Waals surface area contributed by atoms with Crippen LogP contribution in [0.1, 0.15) is 94.2 Å². The van der Waals surface area contributed by atoms with Crippen molar-refractivity contribution in [3.63, 3.8) is 0 Å². The Morgan fingerprint density at radius 1 is 0.489 bits per heavy atom. The molecule has 0 bridgehead atoms. The van der Waals surface area contributed by atoms with Gasteiger partial charge in [-0.3, -0.25) is 0 Å². The predicted octanol–water partition coefficient (Wildman–Crippen LogP) is 10.5. The van der Waals surface area contributed by atoms with Gasteiger partial charge in [0.1, 0.15) is 11.6 Å². The van der Waals surface area contributed by atoms with Crippen LogP contribution in [0.5, 0.6) is 0 Å². The van der Waals surface area contributed by atoms with Gasteiger partial charge in [-0.2, -0.15) is 0 Å². The summed E-state index contributed by atoms with van der Waals surface area (Å²) >= 11 is 0. The van der Waals surface area contributed by atoms with Gasteiger partial charge in [0, 0.05) is 11.1 Å². The van der Waals surface area contributed by atoms with Gasteiger partial charge in [-0.15, -0.1) is 0 Å². The van der Waals surface area contributed by atoms with Crippen LogP contribution < -0.4 is 0 Å². The first-order valence-electron chi connectivity index (χ1n) is 15.9. The largest absolute Gasteiger partial charge is 0.228 e. The molecule has 0 amide bonds. The zero-order chi connectivity index (χ0) is 31.9. The molecule has 0 saturated carbocycles. The van der Waals surface area contributed by atoms with Crippen LogP contribution in [0.25, 0.3) is 22.3 Å². The van der Waals surface area contributed by atoms with Gasteiger partial charge in [0.25, 0.3) is 0 Å². The zero-order valence-corrected chi connectivity index (χ0v) is 27.4. The van der Waals surface area contributed by atoms with Gasteiger partial charge in [0.05, 0.1) is 11.5 Å². The van der Waals surface area contributed by atoms with Crippen LogP contribution in [0.15, 0.2) is 72.8 Å². The summed E-state index contributed by atoms with van der Waals surface area (Å²) in [4.78, 5) is 0. The molecule has 0 aliphatic heterocycles. The minimum Gasteiger partial charge on any atom is -0.228 e. The average molecular weight is 623 g/mol. The van der Waals surface area contributed by atoms with E-state index in [1.54, 1.807) is 12.1 Å². The van der Waals surface area contributed by atoms with Crippen molar-refractivity contribution in [2.45, 2.75) is 77.7 Å². The van der Waals surface area contributed by atoms with Crippen molar-refractivity contribution >= 4 is 32.1 Å². The van der Waals surface area contributed by atoms with Crippen molar-refractivity contribution in [1.82, 2.24) is 0 Å². The van der Waals surface area contributed by atoms with Gasteiger partial charge < -0.3 is 0 Å². The average Bonchev–Trinajstić information content (AvgIpc) is 3.69. The summed E-state index contributed by atoms with van der Waals surface area (Å²) in [6.07, 6.45) is 5.59. The number of allylic oxidation sites excluding steroid dienone is 4. The van der Waals surface area contributed by atoms with Gasteiger partial charge in [-0.1, -0.05) is 60.7 Å². The molecule has 0 N–H and O–H groups in total. The van der Waals surface area contributed by atoms with Crippen molar-refractivity contribution < 1.29 is 17.2 Å². The molecule has 2 aliphatic rings. The van der Waals surface area contributed by atoms with E-state index < -0.39 is 33.0 Å². The lowest BCUT2D eigenvalue weighted by Gasteiger charge is -2.13. The maximum Gasteiger partial charge on any atom is 0.158 e. The normalized spacial score (nSPS) is 15.4. The van der Waals surface area contributed by atoms with E-state index in [1.807, 2.05) is 12.1 Å². The third-order valence-corrected chi connectivity index (χ3v) is 11.2. The highest BCUT2D eigenvalue weighted by Crippen LogP contribution is 2.42. The molecule has 0 atom stereocenters. The molecule has 4 aromatic rings. The predicted molar refractivity (Wildman–Crippen MR) is 182 cm³/mol. The molecule has 0 aromatic heterocycles. The van der Waals surface area contributed by atoms with Crippen molar-refractivity contribution in [3.8, 4) is 0 Å². The molecule has 0 spiro atoms. The van der Waals surface area contributed by atoms with E-state index in [0.29, 0.717) is 0 Å². The second kappa shape index (κ2) is 12.5. The van der Waals surface area contributed by atoms with Crippen molar-refractivity contribution in [2.75, 3.05) is 0 Å². The SMILES string of the molecule is Cc1ccc(C2=C(c3ccc(CS(=O)(=O)Cc4ccc(C5=C(c6ccc(C)c(C)c6)CCC5)cc4F)c(F)c3)CCC2)cc1C. The second-order valence-corrected chi connectivity index (χ2v) is 14.9. The maximum atomic E-state index is 15.4. The van der Waals surface area contributed by atoms with Crippen LogP contribution in [0, 0.1) is 39.3 Å². The highest BCUT2D eigenvalue weighted by Gasteiger charge is 2.23. The molecule has 2 nitrogen and oxygen atoms in total. The van der Waals surface area contributed by atoms with Crippen LogP contribution >= 0.6 is 0 Å². The summed E-state index contributed by atoms with van der Waals surface area (Å²) in [5, 5.41) is 0. The minimum absolute atomic E-state index is 0.108. The summed E-state index contributed by atoms with van der Waals surface area (Å²) in [7, 11) is -3.83. The summed E-state index contributed by atoms with van der Waals surface area (Å²) in [6, 6.07) is 22.6. The lowest BCUT2D eigenvalue weighted by Crippen LogP contribution is -2.10. The fourth-order valence-corrected chi connectivity index (χ4v) is 8.37. The van der Waals surface area contributed by atoms with E-state index in [2.05, 4.69) is 64.1 Å². The smallest absolute Gasteiger partial charge is 0.158 e. The molecule has 0 unspecified atom stereocenters. The number of aryl methyl sites for hydroxylation is 4. The number of hydrogen-bond acceptors (Lipinski definition) is 2. The molecule has 0 radical (unpaired) electrons. The van der Waals surface area contributed by atoms with E-state index in [1.165, 1.54) is 45.5 Å². The van der Waals surface area contributed by atoms with Crippen molar-refractivity contribution in [1.29, 1.82) is 0 Å². The Hall–Kier alpha value is -3.83. The standard InChI is InChI=1S/C40H40F2O2S/c1-25-11-13-29(19-27(25)3)35-7-5-9-37(35)31-15-17-33(39(41)21-31)23-45(43,44)24-34-18-16-32(22-40(34)42)38-10-6-8-36(38)30-14-12-26(2)28(4)20-30/h11-22H,5-10,23-24H2,1-4H3. The molecule has 45 heavy (non-hydrogen) atoms. The lowest BCUT2D eigenvalue weighted by molar-refractivity contribution is 0.580. The first kappa shape index (κ1) is 31.2. The molecule has 232 valence electrons. The van der Waals surface area contributed by atoms with E-state index in [-0.39, 0.29) is 11.1 Å². The molecular weight excluding hydrogens is 583 g/mol. The van der Waals surface area contributed by atoms with Gasteiger partial charge in [0.2, 0.25) is 0 Å². The van der Waals surface area contributed by atoms with E-state index in [9.17, 15) is 8.42 Å². The quantitative estimate of drug-likeness (QED) is 0.196. The topological polar surface area (TPSA) is 34.1 Å². The maximum absolute atomic E-state index is 15.4. The molecule has 2 aliphatic carbocycles. The van der Waals surface area contributed by atoms with E-state index in [0.717, 1.165) is 71.9 Å². The van der Waals surface area contributed by atoms with Crippen LogP contribution in [0.2, 0.25) is 0 Å². The van der Waals surface area contributed by atoms with Crippen molar-refractivity contribution in [3.05, 3.63) is 140 Å². The monoisotopic (exact) mass is 622 g/mol. The molecule has 5 heteroatoms. The van der Waals surface area contributed by atoms with Gasteiger partial charge in [-0.05, 0) is 145 Å². The fraction of sp³-hybridized carbons (Fsp3) is 0.300. The van der Waals surface area contributed by atoms with Crippen LogP contribution in [-0.4, -0.2) is 8.42 Å². The molecule has 0 fully saturated rings. The number of hydrogen-bond donors (Lipinski definition) is 0. The third-order valence-electron chi connectivity index (χ3n) is 9.70. The number of halogens is 2. The first-order chi connectivity index (χ1) is 21.5. The van der Waals surface area contributed by atoms with Crippen molar-refractivity contribution in [2.24, 2.45) is 0 Å². The van der Waals surface area contributed by atoms with Crippen LogP contribution in [0.3, 0.4) is 0 Å². The van der Waals surface area contributed by atoms with Gasteiger partial charge >= 0.3 is 0 Å². The number of sulfone groups is 1. The number of benzene rings is 4. The minimum atomic E-state index is -3.83. The van der Waals surface area contributed by atoms with E-state index in [4.69, 9.17) is 0 Å². The molecular formula is C40H40F2O2S. The summed E-state index contributed by atoms with van der Waals surface area (Å²) in [5.74, 6) is -2.05. The molecule has 4 aromatic carbocycles. The Morgan fingerprint density at radius 3 is 1.16 bits per heavy atom. The van der Waals surface area contributed by atoms with E-state index >= 15 is 8.78 Å². The molecule has 0 saturated heterocycles. The van der Waals surface area contributed by atoms with Gasteiger partial charge in [0.15, 0.2) is 9.84 Å². The Kier molecular flexibility index (Phi) is 8.67. The third kappa shape index (κ3) is 6.60. The molecule has 6 rings (SSSR count). The zero-order valence-electron chi connectivity index (χ0n) is 26.6. The Labute approximate surface area is 266 Å². The number of rotatable bonds is 8. The Morgan fingerprint density at radius 2 is 0.822 bits per heavy atom. The highest BCUT2D eigenvalue weighted by atomic mass is 32.2. The Balaban J connectivity index is 1.20. The summed E-state index contributed by atoms with van der Waals surface area (Å²) in [5.41, 5.74) is 13.7. The second-order valence-electron chi connectivity index (χ2n) is 12.9. The van der Waals surface area contributed by atoms with Gasteiger partial charge in [-0.25, -0.2) is 17.2 Å². The lowest BCUT2D eigenvalue weighted by atomic mass is 9.94. The Bertz CT molecular complexity index is 1840. The fourth-order valence-electron chi connectivity index (χ4n) is 6.85.